The van der Waals surface area contributed by atoms with E-state index in [1.54, 1.807) is 26.8 Å². The molecule has 0 amide bonds. The van der Waals surface area contributed by atoms with Gasteiger partial charge in [-0.1, -0.05) is 0 Å². The molecule has 98 valence electrons. The van der Waals surface area contributed by atoms with Crippen LogP contribution < -0.4 is 0 Å². The normalized spacial score (nSPS) is 11.7. The quantitative estimate of drug-likeness (QED) is 0.666. The van der Waals surface area contributed by atoms with Crippen LogP contribution in [0.2, 0.25) is 5.21 Å². The molecule has 1 unspecified atom stereocenters. The molecule has 0 fully saturated rings. The van der Waals surface area contributed by atoms with Gasteiger partial charge in [-0.05, 0) is 0 Å². The molecule has 0 aliphatic rings. The Morgan fingerprint density at radius 1 is 1.44 bits per heavy atom. The van der Waals surface area contributed by atoms with Gasteiger partial charge in [-0.25, -0.2) is 0 Å². The number of carbonyl (C=O) groups is 2. The van der Waals surface area contributed by atoms with E-state index in [1.165, 1.54) is 12.3 Å². The van der Waals surface area contributed by atoms with Crippen molar-refractivity contribution in [2.45, 2.75) is 31.6 Å². The van der Waals surface area contributed by atoms with Crippen molar-refractivity contribution in [1.82, 2.24) is 4.98 Å². The molecule has 1 N–H and O–H groups in total. The molecule has 0 aromatic carbocycles. The van der Waals surface area contributed by atoms with Gasteiger partial charge in [-0.2, -0.15) is 0 Å². The van der Waals surface area contributed by atoms with Crippen LogP contribution in [0.3, 0.4) is 0 Å². The number of esters is 1. The number of aromatic nitrogens is 1. The molecule has 0 radical (unpaired) electrons. The van der Waals surface area contributed by atoms with E-state index in [1.807, 2.05) is 0 Å². The van der Waals surface area contributed by atoms with E-state index >= 15 is 0 Å². The number of hydrogen-bond acceptors (Lipinski definition) is 5. The first kappa shape index (κ1) is 14.7. The first-order valence-corrected chi connectivity index (χ1v) is 7.97. The Morgan fingerprint density at radius 3 is 2.67 bits per heavy atom. The fourth-order valence-corrected chi connectivity index (χ4v) is 2.73. The third kappa shape index (κ3) is 4.88. The monoisotopic (exact) mass is 313 g/mol. The number of aromatic hydroxyl groups is 1. The molecule has 5 nitrogen and oxygen atoms in total. The van der Waals surface area contributed by atoms with Crippen molar-refractivity contribution in [3.8, 4) is 5.75 Å². The van der Waals surface area contributed by atoms with Crippen molar-refractivity contribution in [1.29, 1.82) is 0 Å². The molecular formula is C12H16AsNO4. The van der Waals surface area contributed by atoms with Gasteiger partial charge in [0.05, 0.1) is 0 Å². The Hall–Kier alpha value is -1.35. The fourth-order valence-electron chi connectivity index (χ4n) is 1.19. The van der Waals surface area contributed by atoms with E-state index in [-0.39, 0.29) is 27.2 Å². The summed E-state index contributed by atoms with van der Waals surface area (Å²) in [4.78, 5) is 27.0. The zero-order valence-electron chi connectivity index (χ0n) is 10.6. The summed E-state index contributed by atoms with van der Waals surface area (Å²) in [7, 11) is 0. The summed E-state index contributed by atoms with van der Waals surface area (Å²) in [6.45, 7) is 5.33. The van der Waals surface area contributed by atoms with Crippen LogP contribution in [-0.4, -0.2) is 42.0 Å². The summed E-state index contributed by atoms with van der Waals surface area (Å²) in [5.41, 5.74) is -0.500. The van der Waals surface area contributed by atoms with Crippen LogP contribution >= 0.6 is 0 Å². The van der Waals surface area contributed by atoms with Crippen molar-refractivity contribution in [2.24, 2.45) is 0 Å². The van der Waals surface area contributed by atoms with Crippen molar-refractivity contribution < 1.29 is 19.4 Å². The van der Waals surface area contributed by atoms with Crippen molar-refractivity contribution in [2.75, 3.05) is 0 Å². The molecular weight excluding hydrogens is 297 g/mol. The van der Waals surface area contributed by atoms with Gasteiger partial charge in [0.25, 0.3) is 0 Å². The summed E-state index contributed by atoms with van der Waals surface area (Å²) in [5.74, 6) is -0.526. The maximum atomic E-state index is 11.8. The van der Waals surface area contributed by atoms with Gasteiger partial charge in [0, 0.05) is 0 Å². The summed E-state index contributed by atoms with van der Waals surface area (Å²) >= 11 is -1.21. The summed E-state index contributed by atoms with van der Waals surface area (Å²) in [6, 6.07) is 2.94. The van der Waals surface area contributed by atoms with E-state index in [0.29, 0.717) is 0 Å². The van der Waals surface area contributed by atoms with E-state index in [0.717, 1.165) is 0 Å². The molecule has 1 aromatic rings. The van der Waals surface area contributed by atoms with Crippen LogP contribution in [0, 0.1) is 0 Å². The van der Waals surface area contributed by atoms with Crippen LogP contribution in [0.5, 0.6) is 5.75 Å². The number of rotatable bonds is 4. The molecule has 6 heteroatoms. The molecule has 0 saturated heterocycles. The Morgan fingerprint density at radius 2 is 2.11 bits per heavy atom. The molecule has 1 rings (SSSR count). The van der Waals surface area contributed by atoms with Gasteiger partial charge in [0.1, 0.15) is 0 Å². The van der Waals surface area contributed by atoms with Gasteiger partial charge in [-0.3, -0.25) is 0 Å². The number of ether oxygens (including phenoxy) is 1. The number of carbonyl (C=O) groups excluding carboxylic acids is 2. The van der Waals surface area contributed by atoms with Crippen LogP contribution in [0.25, 0.3) is 0 Å². The van der Waals surface area contributed by atoms with Crippen molar-refractivity contribution in [3.63, 3.8) is 0 Å². The maximum absolute atomic E-state index is 11.8. The summed E-state index contributed by atoms with van der Waals surface area (Å²) < 4.78 is 4.86. The van der Waals surface area contributed by atoms with Gasteiger partial charge >= 0.3 is 112 Å². The first-order chi connectivity index (χ1) is 8.29. The Kier molecular flexibility index (Phi) is 4.91. The molecule has 1 aromatic heterocycles. The second-order valence-corrected chi connectivity index (χ2v) is 7.08. The Balaban J connectivity index is 2.52. The van der Waals surface area contributed by atoms with Gasteiger partial charge in [-0.15, -0.1) is 0 Å². The minimum atomic E-state index is -1.21. The van der Waals surface area contributed by atoms with Crippen LogP contribution in [0.4, 0.5) is 0 Å². The molecule has 0 saturated carbocycles. The van der Waals surface area contributed by atoms with Gasteiger partial charge in [0.15, 0.2) is 0 Å². The summed E-state index contributed by atoms with van der Waals surface area (Å²) in [6.07, 6.45) is 1.44. The predicted molar refractivity (Wildman–Crippen MR) is 68.0 cm³/mol. The second kappa shape index (κ2) is 6.00. The van der Waals surface area contributed by atoms with E-state index in [2.05, 4.69) is 4.98 Å². The Bertz CT molecular complexity index is 454. The molecule has 18 heavy (non-hydrogen) atoms. The molecule has 0 spiro atoms. The fraction of sp³-hybridized carbons (Fsp3) is 0.417. The Labute approximate surface area is 112 Å². The zero-order chi connectivity index (χ0) is 13.8. The van der Waals surface area contributed by atoms with Crippen LogP contribution in [-0.2, 0) is 9.53 Å². The standard InChI is InChI=1S/C12H16AsNO4/c1-12(2,3)18-9(16)7-13-11(17)10-8(15)5-4-6-14-10/h4-6,13,15H,7H2,1-3H3. The van der Waals surface area contributed by atoms with Crippen molar-refractivity contribution >= 4 is 26.3 Å². The average Bonchev–Trinajstić information content (AvgIpc) is 2.24. The number of hydrogen-bond donors (Lipinski definition) is 1. The third-order valence-corrected chi connectivity index (χ3v) is 3.96. The number of nitrogens with zero attached hydrogens (tertiary/aromatic N) is 1. The van der Waals surface area contributed by atoms with Crippen molar-refractivity contribution in [3.05, 3.63) is 24.0 Å². The van der Waals surface area contributed by atoms with Crippen LogP contribution in [0.15, 0.2) is 18.3 Å². The van der Waals surface area contributed by atoms with E-state index in [9.17, 15) is 14.7 Å². The van der Waals surface area contributed by atoms with E-state index in [4.69, 9.17) is 4.74 Å². The van der Waals surface area contributed by atoms with Gasteiger partial charge in [0.2, 0.25) is 0 Å². The third-order valence-electron chi connectivity index (χ3n) is 1.81. The van der Waals surface area contributed by atoms with E-state index < -0.39 is 21.4 Å². The molecule has 0 aliphatic carbocycles. The van der Waals surface area contributed by atoms with Gasteiger partial charge < -0.3 is 0 Å². The molecule has 0 bridgehead atoms. The first-order valence-electron chi connectivity index (χ1n) is 5.43. The molecule has 0 aliphatic heterocycles. The zero-order valence-corrected chi connectivity index (χ0v) is 12.7. The minimum absolute atomic E-state index is 0.0426. The predicted octanol–water partition coefficient (Wildman–Crippen LogP) is 1.12. The SMILES string of the molecule is CC(C)(C)OC(=O)C[AsH]C(=O)c1ncccc1O. The van der Waals surface area contributed by atoms with Crippen LogP contribution in [0.1, 0.15) is 31.3 Å². The average molecular weight is 313 g/mol. The second-order valence-electron chi connectivity index (χ2n) is 4.64. The topological polar surface area (TPSA) is 76.5 Å². The molecule has 1 heterocycles. The number of pyridine rings is 1. The molecule has 1 atom stereocenters. The summed E-state index contributed by atoms with van der Waals surface area (Å²) in [5, 5.41) is 9.56.